The van der Waals surface area contributed by atoms with Crippen molar-refractivity contribution in [3.05, 3.63) is 60.8 Å². The lowest BCUT2D eigenvalue weighted by Gasteiger charge is -2.18. The number of phosphoric acid groups is 1. The average molecular weight is 751 g/mol. The van der Waals surface area contributed by atoms with E-state index in [1.165, 1.54) is 77.0 Å². The zero-order valence-corrected chi connectivity index (χ0v) is 33.8. The van der Waals surface area contributed by atoms with Crippen molar-refractivity contribution in [1.82, 2.24) is 0 Å². The third kappa shape index (κ3) is 40.5. The first-order valence-electron chi connectivity index (χ1n) is 20.6. The molecule has 0 heterocycles. The summed E-state index contributed by atoms with van der Waals surface area (Å²) < 4.78 is 26.3. The zero-order chi connectivity index (χ0) is 38.2. The lowest BCUT2D eigenvalue weighted by atomic mass is 10.0. The third-order valence-electron chi connectivity index (χ3n) is 8.55. The van der Waals surface area contributed by atoms with Gasteiger partial charge in [0.1, 0.15) is 6.61 Å². The summed E-state index contributed by atoms with van der Waals surface area (Å²) >= 11 is 0. The number of hydrogen-bond acceptors (Lipinski definition) is 6. The van der Waals surface area contributed by atoms with Gasteiger partial charge in [-0.05, 0) is 57.8 Å². The highest BCUT2D eigenvalue weighted by Crippen LogP contribution is 2.36. The van der Waals surface area contributed by atoms with Crippen LogP contribution in [0.5, 0.6) is 0 Å². The number of esters is 2. The molecule has 0 saturated carbocycles. The van der Waals surface area contributed by atoms with E-state index in [-0.39, 0.29) is 19.4 Å². The number of carbonyl (C=O) groups excluding carboxylic acids is 2. The van der Waals surface area contributed by atoms with E-state index in [2.05, 4.69) is 79.1 Å². The van der Waals surface area contributed by atoms with Gasteiger partial charge in [-0.15, -0.1) is 0 Å². The molecule has 0 bridgehead atoms. The summed E-state index contributed by atoms with van der Waals surface area (Å²) in [6, 6.07) is 0. The maximum atomic E-state index is 12.4. The van der Waals surface area contributed by atoms with Crippen LogP contribution in [0.3, 0.4) is 0 Å². The summed E-state index contributed by atoms with van der Waals surface area (Å²) in [6.45, 7) is 3.55. The number of carbonyl (C=O) groups is 2. The van der Waals surface area contributed by atoms with Crippen LogP contribution in [0, 0.1) is 0 Å². The van der Waals surface area contributed by atoms with E-state index in [1.54, 1.807) is 0 Å². The molecule has 0 aromatic rings. The molecule has 0 aliphatic carbocycles. The Kier molecular flexibility index (Phi) is 36.8. The minimum absolute atomic E-state index is 0.172. The largest absolute Gasteiger partial charge is 0.469 e. The summed E-state index contributed by atoms with van der Waals surface area (Å²) in [5, 5.41) is 0. The van der Waals surface area contributed by atoms with Crippen LogP contribution in [-0.4, -0.2) is 41.0 Å². The number of unbranched alkanes of at least 4 members (excludes halogenated alkanes) is 17. The average Bonchev–Trinajstić information content (AvgIpc) is 3.11. The smallest absolute Gasteiger partial charge is 0.462 e. The Labute approximate surface area is 317 Å². The first kappa shape index (κ1) is 49.8. The van der Waals surface area contributed by atoms with Gasteiger partial charge in [-0.25, -0.2) is 4.57 Å². The Hall–Kier alpha value is -2.25. The molecule has 0 saturated heterocycles. The van der Waals surface area contributed by atoms with Gasteiger partial charge >= 0.3 is 19.8 Å². The minimum Gasteiger partial charge on any atom is -0.462 e. The van der Waals surface area contributed by atoms with Gasteiger partial charge in [0.05, 0.1) is 6.61 Å². The van der Waals surface area contributed by atoms with E-state index < -0.39 is 32.5 Å². The van der Waals surface area contributed by atoms with Crippen molar-refractivity contribution in [3.63, 3.8) is 0 Å². The summed E-state index contributed by atoms with van der Waals surface area (Å²) in [5.41, 5.74) is 0. The quantitative estimate of drug-likeness (QED) is 0.0279. The molecule has 300 valence electrons. The summed E-state index contributed by atoms with van der Waals surface area (Å²) in [5.74, 6) is -0.922. The fraction of sp³-hybridized carbons (Fsp3) is 0.721. The van der Waals surface area contributed by atoms with E-state index in [0.717, 1.165) is 70.6 Å². The molecule has 0 amide bonds. The van der Waals surface area contributed by atoms with Crippen molar-refractivity contribution >= 4 is 19.8 Å². The van der Waals surface area contributed by atoms with E-state index >= 15 is 0 Å². The number of rotatable bonds is 37. The Morgan fingerprint density at radius 3 is 1.38 bits per heavy atom. The summed E-state index contributed by atoms with van der Waals surface area (Å²) in [7, 11) is -4.76. The van der Waals surface area contributed by atoms with Gasteiger partial charge in [-0.1, -0.05) is 171 Å². The molecule has 0 aromatic heterocycles. The van der Waals surface area contributed by atoms with Crippen molar-refractivity contribution in [1.29, 1.82) is 0 Å². The topological polar surface area (TPSA) is 119 Å². The Morgan fingerprint density at radius 2 is 0.923 bits per heavy atom. The van der Waals surface area contributed by atoms with Gasteiger partial charge < -0.3 is 19.3 Å². The predicted molar refractivity (Wildman–Crippen MR) is 216 cm³/mol. The van der Waals surface area contributed by atoms with Crippen molar-refractivity contribution in [2.75, 3.05) is 13.2 Å². The zero-order valence-electron chi connectivity index (χ0n) is 32.9. The predicted octanol–water partition coefficient (Wildman–Crippen LogP) is 12.5. The molecular formula is C43H75O8P. The fourth-order valence-electron chi connectivity index (χ4n) is 5.52. The van der Waals surface area contributed by atoms with Crippen molar-refractivity contribution in [2.45, 2.75) is 187 Å². The molecule has 0 spiro atoms. The summed E-state index contributed by atoms with van der Waals surface area (Å²) in [6.07, 6.45) is 48.0. The first-order valence-corrected chi connectivity index (χ1v) is 22.1. The minimum atomic E-state index is -4.76. The Morgan fingerprint density at radius 1 is 0.519 bits per heavy atom. The molecule has 0 aromatic carbocycles. The highest BCUT2D eigenvalue weighted by molar-refractivity contribution is 7.46. The molecule has 0 aliphatic rings. The maximum absolute atomic E-state index is 12.4. The number of hydrogen-bond donors (Lipinski definition) is 2. The first-order chi connectivity index (χ1) is 25.3. The van der Waals surface area contributed by atoms with E-state index in [4.69, 9.17) is 19.3 Å². The molecule has 0 fully saturated rings. The van der Waals surface area contributed by atoms with Crippen molar-refractivity contribution in [3.8, 4) is 0 Å². The van der Waals surface area contributed by atoms with E-state index in [9.17, 15) is 14.2 Å². The van der Waals surface area contributed by atoms with Crippen LogP contribution in [0.1, 0.15) is 181 Å². The SMILES string of the molecule is CC/C=C/C/C=C/C/C=C/C/C=C/C/C=C/CCCCCC(=O)O[C@H](COC(=O)CCCCCCCCCCCCCCCCC)COP(=O)(O)O. The van der Waals surface area contributed by atoms with E-state index in [1.807, 2.05) is 0 Å². The van der Waals surface area contributed by atoms with Crippen molar-refractivity contribution in [2.24, 2.45) is 0 Å². The highest BCUT2D eigenvalue weighted by atomic mass is 31.2. The number of allylic oxidation sites excluding steroid dienone is 10. The van der Waals surface area contributed by atoms with Gasteiger partial charge in [-0.2, -0.15) is 0 Å². The van der Waals surface area contributed by atoms with Crippen LogP contribution in [-0.2, 0) is 28.2 Å². The van der Waals surface area contributed by atoms with Crippen molar-refractivity contribution < 1.29 is 37.9 Å². The maximum Gasteiger partial charge on any atom is 0.469 e. The second kappa shape index (κ2) is 38.5. The Balaban J connectivity index is 4.00. The van der Waals surface area contributed by atoms with Gasteiger partial charge in [0, 0.05) is 12.8 Å². The van der Waals surface area contributed by atoms with Crippen LogP contribution < -0.4 is 0 Å². The number of ether oxygens (including phenoxy) is 2. The van der Waals surface area contributed by atoms with Gasteiger partial charge in [0.2, 0.25) is 0 Å². The van der Waals surface area contributed by atoms with Crippen LogP contribution in [0.2, 0.25) is 0 Å². The molecule has 9 heteroatoms. The molecular weight excluding hydrogens is 675 g/mol. The highest BCUT2D eigenvalue weighted by Gasteiger charge is 2.22. The van der Waals surface area contributed by atoms with Gasteiger partial charge in [0.15, 0.2) is 6.10 Å². The molecule has 8 nitrogen and oxygen atoms in total. The molecule has 2 N–H and O–H groups in total. The molecule has 52 heavy (non-hydrogen) atoms. The van der Waals surface area contributed by atoms with E-state index in [0.29, 0.717) is 6.42 Å². The molecule has 0 radical (unpaired) electrons. The van der Waals surface area contributed by atoms with Crippen LogP contribution in [0.15, 0.2) is 60.8 Å². The van der Waals surface area contributed by atoms with Crippen LogP contribution in [0.25, 0.3) is 0 Å². The molecule has 0 unspecified atom stereocenters. The van der Waals surface area contributed by atoms with Crippen LogP contribution in [0.4, 0.5) is 0 Å². The van der Waals surface area contributed by atoms with Gasteiger partial charge in [-0.3, -0.25) is 14.1 Å². The summed E-state index contributed by atoms with van der Waals surface area (Å²) in [4.78, 5) is 42.8. The number of phosphoric ester groups is 1. The molecule has 1 atom stereocenters. The third-order valence-corrected chi connectivity index (χ3v) is 9.04. The van der Waals surface area contributed by atoms with Crippen LogP contribution >= 0.6 is 7.82 Å². The Bertz CT molecular complexity index is 1030. The fourth-order valence-corrected chi connectivity index (χ4v) is 5.88. The molecule has 0 rings (SSSR count). The van der Waals surface area contributed by atoms with Gasteiger partial charge in [0.25, 0.3) is 0 Å². The second-order valence-electron chi connectivity index (χ2n) is 13.6. The standard InChI is InChI=1S/C43H75O8P/c1-3-5-7-9-11-13-15-17-19-20-21-22-24-26-28-30-32-34-36-38-43(45)51-41(40-50-52(46,47)48)39-49-42(44)37-35-33-31-29-27-25-23-18-16-14-12-10-8-6-4-2/h5,7,11,13,17,19,21-22,26,28,41H,3-4,6,8-10,12,14-16,18,20,23-25,27,29-40H2,1-2H3,(H2,46,47,48)/b7-5+,13-11+,19-17+,22-21+,28-26+/t41-/m1/s1. The second-order valence-corrected chi connectivity index (χ2v) is 14.8. The molecule has 0 aliphatic heterocycles. The normalized spacial score (nSPS) is 13.1. The lowest BCUT2D eigenvalue weighted by Crippen LogP contribution is -2.29. The lowest BCUT2D eigenvalue weighted by molar-refractivity contribution is -0.161. The monoisotopic (exact) mass is 751 g/mol.